The summed E-state index contributed by atoms with van der Waals surface area (Å²) >= 11 is 0. The van der Waals surface area contributed by atoms with E-state index in [-0.39, 0.29) is 5.78 Å². The summed E-state index contributed by atoms with van der Waals surface area (Å²) in [6.45, 7) is 4.50. The SMILES string of the molecule is CCOc1cncc(C(=O)Cc2ccc(C)cc2)c1. The van der Waals surface area contributed by atoms with Crippen molar-refractivity contribution in [3.63, 3.8) is 0 Å². The van der Waals surface area contributed by atoms with E-state index in [1.54, 1.807) is 18.5 Å². The Balaban J connectivity index is 2.11. The van der Waals surface area contributed by atoms with Gasteiger partial charge in [-0.3, -0.25) is 9.78 Å². The number of carbonyl (C=O) groups is 1. The van der Waals surface area contributed by atoms with Gasteiger partial charge in [0.05, 0.1) is 12.8 Å². The third-order valence-corrected chi connectivity index (χ3v) is 2.83. The molecular weight excluding hydrogens is 238 g/mol. The summed E-state index contributed by atoms with van der Waals surface area (Å²) in [6.07, 6.45) is 3.59. The van der Waals surface area contributed by atoms with Crippen LogP contribution in [0.25, 0.3) is 0 Å². The number of nitrogens with zero attached hydrogens (tertiary/aromatic N) is 1. The molecule has 0 unspecified atom stereocenters. The molecule has 0 aliphatic carbocycles. The van der Waals surface area contributed by atoms with Gasteiger partial charge in [0.2, 0.25) is 0 Å². The summed E-state index contributed by atoms with van der Waals surface area (Å²) in [7, 11) is 0. The van der Waals surface area contributed by atoms with E-state index in [0.717, 1.165) is 5.56 Å². The number of hydrogen-bond donors (Lipinski definition) is 0. The Morgan fingerprint density at radius 2 is 1.95 bits per heavy atom. The molecule has 3 nitrogen and oxygen atoms in total. The Morgan fingerprint density at radius 1 is 1.21 bits per heavy atom. The zero-order valence-corrected chi connectivity index (χ0v) is 11.2. The molecule has 0 saturated carbocycles. The van der Waals surface area contributed by atoms with E-state index < -0.39 is 0 Å². The minimum atomic E-state index is 0.0536. The molecule has 0 saturated heterocycles. The molecule has 1 aromatic heterocycles. The minimum absolute atomic E-state index is 0.0536. The Bertz CT molecular complexity index is 561. The number of ketones is 1. The lowest BCUT2D eigenvalue weighted by Gasteiger charge is -2.05. The third-order valence-electron chi connectivity index (χ3n) is 2.83. The fourth-order valence-electron chi connectivity index (χ4n) is 1.81. The molecule has 2 aromatic rings. The van der Waals surface area contributed by atoms with Crippen LogP contribution in [0.1, 0.15) is 28.4 Å². The van der Waals surface area contributed by atoms with E-state index in [2.05, 4.69) is 4.98 Å². The number of aromatic nitrogens is 1. The van der Waals surface area contributed by atoms with Crippen molar-refractivity contribution >= 4 is 5.78 Å². The van der Waals surface area contributed by atoms with Crippen molar-refractivity contribution in [2.45, 2.75) is 20.3 Å². The van der Waals surface area contributed by atoms with Crippen LogP contribution < -0.4 is 4.74 Å². The highest BCUT2D eigenvalue weighted by Gasteiger charge is 2.08. The number of benzene rings is 1. The maximum absolute atomic E-state index is 12.2. The molecule has 98 valence electrons. The highest BCUT2D eigenvalue weighted by Crippen LogP contribution is 2.14. The van der Waals surface area contributed by atoms with Crippen LogP contribution >= 0.6 is 0 Å². The predicted molar refractivity (Wildman–Crippen MR) is 74.6 cm³/mol. The molecule has 19 heavy (non-hydrogen) atoms. The van der Waals surface area contributed by atoms with Gasteiger partial charge < -0.3 is 4.74 Å². The largest absolute Gasteiger partial charge is 0.492 e. The van der Waals surface area contributed by atoms with E-state index >= 15 is 0 Å². The molecule has 0 aliphatic heterocycles. The van der Waals surface area contributed by atoms with E-state index in [0.29, 0.717) is 24.3 Å². The first-order valence-corrected chi connectivity index (χ1v) is 6.35. The van der Waals surface area contributed by atoms with Crippen LogP contribution in [-0.2, 0) is 6.42 Å². The molecule has 0 atom stereocenters. The highest BCUT2D eigenvalue weighted by atomic mass is 16.5. The number of rotatable bonds is 5. The van der Waals surface area contributed by atoms with Crippen LogP contribution in [0.15, 0.2) is 42.7 Å². The molecule has 0 spiro atoms. The maximum Gasteiger partial charge on any atom is 0.168 e. The lowest BCUT2D eigenvalue weighted by atomic mass is 10.0. The molecule has 3 heteroatoms. The summed E-state index contributed by atoms with van der Waals surface area (Å²) in [6, 6.07) is 9.72. The summed E-state index contributed by atoms with van der Waals surface area (Å²) in [5.41, 5.74) is 2.79. The monoisotopic (exact) mass is 255 g/mol. The van der Waals surface area contributed by atoms with Gasteiger partial charge in [0.15, 0.2) is 5.78 Å². The van der Waals surface area contributed by atoms with Crippen LogP contribution in [0.5, 0.6) is 5.75 Å². The number of hydrogen-bond acceptors (Lipinski definition) is 3. The van der Waals surface area contributed by atoms with Crippen molar-refractivity contribution in [2.24, 2.45) is 0 Å². The smallest absolute Gasteiger partial charge is 0.168 e. The quantitative estimate of drug-likeness (QED) is 0.770. The zero-order chi connectivity index (χ0) is 13.7. The standard InChI is InChI=1S/C16H17NO2/c1-3-19-15-9-14(10-17-11-15)16(18)8-13-6-4-12(2)5-7-13/h4-7,9-11H,3,8H2,1-2H3. The lowest BCUT2D eigenvalue weighted by molar-refractivity contribution is 0.0992. The third kappa shape index (κ3) is 3.65. The fourth-order valence-corrected chi connectivity index (χ4v) is 1.81. The number of pyridine rings is 1. The van der Waals surface area contributed by atoms with Crippen LogP contribution in [0.4, 0.5) is 0 Å². The van der Waals surface area contributed by atoms with Gasteiger partial charge in [0.1, 0.15) is 5.75 Å². The molecule has 0 amide bonds. The van der Waals surface area contributed by atoms with Crippen molar-refractivity contribution in [1.29, 1.82) is 0 Å². The Labute approximate surface area is 113 Å². The van der Waals surface area contributed by atoms with Crippen molar-refractivity contribution in [3.05, 3.63) is 59.4 Å². The van der Waals surface area contributed by atoms with Crippen LogP contribution in [0.2, 0.25) is 0 Å². The Kier molecular flexibility index (Phi) is 4.29. The van der Waals surface area contributed by atoms with Crippen LogP contribution in [0.3, 0.4) is 0 Å². The second kappa shape index (κ2) is 6.14. The van der Waals surface area contributed by atoms with Gasteiger partial charge >= 0.3 is 0 Å². The van der Waals surface area contributed by atoms with E-state index in [1.807, 2.05) is 38.1 Å². The van der Waals surface area contributed by atoms with Gasteiger partial charge in [0, 0.05) is 18.2 Å². The summed E-state index contributed by atoms with van der Waals surface area (Å²) in [4.78, 5) is 16.2. The normalized spacial score (nSPS) is 10.2. The van der Waals surface area contributed by atoms with Gasteiger partial charge in [-0.05, 0) is 25.5 Å². The predicted octanol–water partition coefficient (Wildman–Crippen LogP) is 3.21. The van der Waals surface area contributed by atoms with Gasteiger partial charge in [-0.2, -0.15) is 0 Å². The summed E-state index contributed by atoms with van der Waals surface area (Å²) < 4.78 is 5.35. The Morgan fingerprint density at radius 3 is 2.63 bits per heavy atom. The summed E-state index contributed by atoms with van der Waals surface area (Å²) in [5.74, 6) is 0.690. The minimum Gasteiger partial charge on any atom is -0.492 e. The molecule has 1 heterocycles. The number of ether oxygens (including phenoxy) is 1. The molecule has 2 rings (SSSR count). The fraction of sp³-hybridized carbons (Fsp3) is 0.250. The molecule has 0 radical (unpaired) electrons. The van der Waals surface area contributed by atoms with Gasteiger partial charge in [0.25, 0.3) is 0 Å². The van der Waals surface area contributed by atoms with Crippen molar-refractivity contribution < 1.29 is 9.53 Å². The van der Waals surface area contributed by atoms with Crippen molar-refractivity contribution in [1.82, 2.24) is 4.98 Å². The topological polar surface area (TPSA) is 39.2 Å². The van der Waals surface area contributed by atoms with Gasteiger partial charge in [-0.1, -0.05) is 29.8 Å². The number of aryl methyl sites for hydroxylation is 1. The second-order valence-corrected chi connectivity index (χ2v) is 4.43. The average Bonchev–Trinajstić information content (AvgIpc) is 2.42. The van der Waals surface area contributed by atoms with Gasteiger partial charge in [-0.25, -0.2) is 0 Å². The molecule has 0 fully saturated rings. The molecule has 0 N–H and O–H groups in total. The van der Waals surface area contributed by atoms with Crippen molar-refractivity contribution in [2.75, 3.05) is 6.61 Å². The average molecular weight is 255 g/mol. The number of carbonyl (C=O) groups excluding carboxylic acids is 1. The van der Waals surface area contributed by atoms with Crippen LogP contribution in [0, 0.1) is 6.92 Å². The molecule has 0 bridgehead atoms. The molecule has 0 aliphatic rings. The van der Waals surface area contributed by atoms with E-state index in [9.17, 15) is 4.79 Å². The second-order valence-electron chi connectivity index (χ2n) is 4.43. The Hall–Kier alpha value is -2.16. The first kappa shape index (κ1) is 13.3. The van der Waals surface area contributed by atoms with Crippen LogP contribution in [-0.4, -0.2) is 17.4 Å². The zero-order valence-electron chi connectivity index (χ0n) is 11.2. The van der Waals surface area contributed by atoms with E-state index in [1.165, 1.54) is 5.56 Å². The molecule has 1 aromatic carbocycles. The highest BCUT2D eigenvalue weighted by molar-refractivity contribution is 5.97. The number of Topliss-reactive ketones (excluding diaryl/α,β-unsaturated/α-hetero) is 1. The first-order chi connectivity index (χ1) is 9.19. The molecular formula is C16H17NO2. The maximum atomic E-state index is 12.2. The van der Waals surface area contributed by atoms with Gasteiger partial charge in [-0.15, -0.1) is 0 Å². The summed E-state index contributed by atoms with van der Waals surface area (Å²) in [5, 5.41) is 0. The lowest BCUT2D eigenvalue weighted by Crippen LogP contribution is -2.05. The van der Waals surface area contributed by atoms with Crippen molar-refractivity contribution in [3.8, 4) is 5.75 Å². The van der Waals surface area contributed by atoms with E-state index in [4.69, 9.17) is 4.74 Å². The first-order valence-electron chi connectivity index (χ1n) is 6.35.